The van der Waals surface area contributed by atoms with E-state index >= 15 is 0 Å². The van der Waals surface area contributed by atoms with Gasteiger partial charge in [-0.1, -0.05) is 45.9 Å². The van der Waals surface area contributed by atoms with Gasteiger partial charge >= 0.3 is 0 Å². The predicted octanol–water partition coefficient (Wildman–Crippen LogP) is 3.20. The number of benzene rings is 1. The van der Waals surface area contributed by atoms with Crippen molar-refractivity contribution >= 4 is 0 Å². The van der Waals surface area contributed by atoms with Crippen molar-refractivity contribution in [3.05, 3.63) is 29.3 Å². The number of ether oxygens (including phenoxy) is 1. The molecular formula is C17H26N2O. The molecule has 1 heterocycles. The standard InChI is InChI=1S/C17H26N2O/c1-16(2)15(17(16,3)4)13(19-18)12-9-5-7-11-8-6-10-20-14(11)12/h5,7,9,13,15,19H,6,8,10,18H2,1-4H3. The second-order valence-corrected chi connectivity index (χ2v) is 7.35. The molecule has 1 aromatic carbocycles. The summed E-state index contributed by atoms with van der Waals surface area (Å²) in [4.78, 5) is 0. The highest BCUT2D eigenvalue weighted by Crippen LogP contribution is 2.72. The number of para-hydroxylation sites is 1. The molecule has 0 bridgehead atoms. The molecule has 0 spiro atoms. The van der Waals surface area contributed by atoms with Crippen LogP contribution in [0.5, 0.6) is 5.75 Å². The minimum atomic E-state index is 0.160. The topological polar surface area (TPSA) is 47.3 Å². The fourth-order valence-electron chi connectivity index (χ4n) is 4.11. The summed E-state index contributed by atoms with van der Waals surface area (Å²) in [5.41, 5.74) is 6.20. The smallest absolute Gasteiger partial charge is 0.127 e. The van der Waals surface area contributed by atoms with E-state index in [0.717, 1.165) is 25.2 Å². The van der Waals surface area contributed by atoms with E-state index < -0.39 is 0 Å². The van der Waals surface area contributed by atoms with Crippen LogP contribution in [0.15, 0.2) is 18.2 Å². The van der Waals surface area contributed by atoms with Gasteiger partial charge in [-0.2, -0.15) is 0 Å². The van der Waals surface area contributed by atoms with E-state index in [1.54, 1.807) is 0 Å². The average Bonchev–Trinajstić information content (AvgIpc) is 2.83. The van der Waals surface area contributed by atoms with Gasteiger partial charge in [0.05, 0.1) is 12.6 Å². The van der Waals surface area contributed by atoms with E-state index in [1.165, 1.54) is 11.1 Å². The number of aryl methyl sites for hydroxylation is 1. The highest BCUT2D eigenvalue weighted by atomic mass is 16.5. The van der Waals surface area contributed by atoms with Gasteiger partial charge in [-0.05, 0) is 35.2 Å². The van der Waals surface area contributed by atoms with Crippen LogP contribution < -0.4 is 16.0 Å². The second kappa shape index (κ2) is 4.47. The van der Waals surface area contributed by atoms with Crippen LogP contribution >= 0.6 is 0 Å². The lowest BCUT2D eigenvalue weighted by Gasteiger charge is -2.26. The van der Waals surface area contributed by atoms with Crippen molar-refractivity contribution < 1.29 is 4.74 Å². The molecule has 0 saturated heterocycles. The first-order valence-corrected chi connectivity index (χ1v) is 7.62. The largest absolute Gasteiger partial charge is 0.493 e. The Kier molecular flexibility index (Phi) is 3.11. The molecule has 3 heteroatoms. The Bertz CT molecular complexity index is 508. The van der Waals surface area contributed by atoms with Crippen molar-refractivity contribution in [3.8, 4) is 5.75 Å². The Morgan fingerprint density at radius 1 is 1.25 bits per heavy atom. The Hall–Kier alpha value is -1.06. The summed E-state index contributed by atoms with van der Waals surface area (Å²) < 4.78 is 5.96. The number of hydrogen-bond acceptors (Lipinski definition) is 3. The fraction of sp³-hybridized carbons (Fsp3) is 0.647. The van der Waals surface area contributed by atoms with Crippen molar-refractivity contribution in [2.45, 2.75) is 46.6 Å². The fourth-order valence-corrected chi connectivity index (χ4v) is 4.11. The normalized spacial score (nSPS) is 24.6. The highest BCUT2D eigenvalue weighted by Gasteiger charge is 2.67. The minimum absolute atomic E-state index is 0.160. The van der Waals surface area contributed by atoms with Crippen LogP contribution in [0.25, 0.3) is 0 Å². The number of rotatable bonds is 3. The van der Waals surface area contributed by atoms with Gasteiger partial charge in [0.2, 0.25) is 0 Å². The van der Waals surface area contributed by atoms with Gasteiger partial charge < -0.3 is 4.74 Å². The maximum Gasteiger partial charge on any atom is 0.127 e. The third-order valence-corrected chi connectivity index (χ3v) is 5.94. The molecule has 0 amide bonds. The summed E-state index contributed by atoms with van der Waals surface area (Å²) in [6, 6.07) is 6.64. The molecule has 3 N–H and O–H groups in total. The number of hydrazine groups is 1. The third-order valence-electron chi connectivity index (χ3n) is 5.94. The van der Waals surface area contributed by atoms with Gasteiger partial charge in [-0.25, -0.2) is 0 Å². The van der Waals surface area contributed by atoms with Crippen LogP contribution in [-0.2, 0) is 6.42 Å². The van der Waals surface area contributed by atoms with Crippen molar-refractivity contribution in [1.82, 2.24) is 5.43 Å². The molecule has 0 radical (unpaired) electrons. The van der Waals surface area contributed by atoms with Crippen LogP contribution in [0.3, 0.4) is 0 Å². The zero-order chi connectivity index (χ0) is 14.5. The summed E-state index contributed by atoms with van der Waals surface area (Å²) in [5.74, 6) is 7.51. The summed E-state index contributed by atoms with van der Waals surface area (Å²) in [7, 11) is 0. The molecule has 1 unspecified atom stereocenters. The lowest BCUT2D eigenvalue weighted by atomic mass is 9.92. The molecule has 1 aliphatic heterocycles. The quantitative estimate of drug-likeness (QED) is 0.657. The Labute approximate surface area is 121 Å². The summed E-state index contributed by atoms with van der Waals surface area (Å²) in [5, 5.41) is 0. The first-order chi connectivity index (χ1) is 9.41. The molecular weight excluding hydrogens is 248 g/mol. The number of hydrogen-bond donors (Lipinski definition) is 2. The number of fused-ring (bicyclic) bond motifs is 1. The maximum atomic E-state index is 5.96. The third kappa shape index (κ3) is 1.80. The molecule has 1 fully saturated rings. The molecule has 110 valence electrons. The summed E-state index contributed by atoms with van der Waals surface area (Å²) >= 11 is 0. The molecule has 2 aliphatic rings. The number of nitrogens with two attached hydrogens (primary N) is 1. The van der Waals surface area contributed by atoms with Crippen LogP contribution in [0.2, 0.25) is 0 Å². The van der Waals surface area contributed by atoms with E-state index in [1.807, 2.05) is 0 Å². The van der Waals surface area contributed by atoms with E-state index in [-0.39, 0.29) is 6.04 Å². The van der Waals surface area contributed by atoms with Gasteiger partial charge in [0.25, 0.3) is 0 Å². The van der Waals surface area contributed by atoms with E-state index in [9.17, 15) is 0 Å². The van der Waals surface area contributed by atoms with Gasteiger partial charge in [0.15, 0.2) is 0 Å². The lowest BCUT2D eigenvalue weighted by molar-refractivity contribution is 0.277. The van der Waals surface area contributed by atoms with E-state index in [2.05, 4.69) is 51.3 Å². The van der Waals surface area contributed by atoms with E-state index in [4.69, 9.17) is 10.6 Å². The zero-order valence-corrected chi connectivity index (χ0v) is 13.0. The molecule has 1 aliphatic carbocycles. The Morgan fingerprint density at radius 2 is 1.95 bits per heavy atom. The van der Waals surface area contributed by atoms with Crippen molar-refractivity contribution in [2.75, 3.05) is 6.61 Å². The van der Waals surface area contributed by atoms with Gasteiger partial charge in [0, 0.05) is 5.56 Å². The SMILES string of the molecule is CC1(C)C(C(NN)c2cccc3c2OCCC3)C1(C)C. The highest BCUT2D eigenvalue weighted by molar-refractivity contribution is 5.46. The van der Waals surface area contributed by atoms with E-state index in [0.29, 0.717) is 16.7 Å². The zero-order valence-electron chi connectivity index (χ0n) is 13.0. The number of nitrogens with one attached hydrogen (secondary N) is 1. The van der Waals surface area contributed by atoms with Gasteiger partial charge in [-0.15, -0.1) is 0 Å². The van der Waals surface area contributed by atoms with Crippen LogP contribution in [0.4, 0.5) is 0 Å². The van der Waals surface area contributed by atoms with Gasteiger partial charge in [0.1, 0.15) is 5.75 Å². The van der Waals surface area contributed by atoms with Crippen molar-refractivity contribution in [1.29, 1.82) is 0 Å². The summed E-state index contributed by atoms with van der Waals surface area (Å²) in [6.45, 7) is 10.1. The predicted molar refractivity (Wildman–Crippen MR) is 81.4 cm³/mol. The molecule has 20 heavy (non-hydrogen) atoms. The molecule has 1 saturated carbocycles. The van der Waals surface area contributed by atoms with Crippen LogP contribution in [0, 0.1) is 16.7 Å². The first-order valence-electron chi connectivity index (χ1n) is 7.62. The van der Waals surface area contributed by atoms with Gasteiger partial charge in [-0.3, -0.25) is 11.3 Å². The van der Waals surface area contributed by atoms with Crippen molar-refractivity contribution in [2.24, 2.45) is 22.6 Å². The Balaban J connectivity index is 2.00. The molecule has 3 nitrogen and oxygen atoms in total. The maximum absolute atomic E-state index is 5.96. The Morgan fingerprint density at radius 3 is 2.55 bits per heavy atom. The van der Waals surface area contributed by atoms with Crippen LogP contribution in [0.1, 0.15) is 51.3 Å². The minimum Gasteiger partial charge on any atom is -0.493 e. The monoisotopic (exact) mass is 274 g/mol. The molecule has 1 atom stereocenters. The van der Waals surface area contributed by atoms with Crippen molar-refractivity contribution in [3.63, 3.8) is 0 Å². The molecule has 3 rings (SSSR count). The molecule has 1 aromatic rings. The summed E-state index contributed by atoms with van der Waals surface area (Å²) in [6.07, 6.45) is 2.22. The average molecular weight is 274 g/mol. The second-order valence-electron chi connectivity index (χ2n) is 7.35. The lowest BCUT2D eigenvalue weighted by Crippen LogP contribution is -2.32. The first kappa shape index (κ1) is 13.9. The molecule has 0 aromatic heterocycles. The van der Waals surface area contributed by atoms with Crippen LogP contribution in [-0.4, -0.2) is 6.61 Å².